The number of nitrogen functional groups attached to an aromatic ring is 1. The lowest BCUT2D eigenvalue weighted by molar-refractivity contribution is 0.245. The molecule has 90 valence electrons. The Morgan fingerprint density at radius 3 is 3.12 bits per heavy atom. The first-order valence-corrected chi connectivity index (χ1v) is 6.03. The van der Waals surface area contributed by atoms with Crippen molar-refractivity contribution in [3.63, 3.8) is 0 Å². The minimum Gasteiger partial charge on any atom is -0.396 e. The monoisotopic (exact) mass is 231 g/mol. The number of rotatable bonds is 1. The number of pyridine rings is 1. The maximum atomic E-state index is 5.89. The normalized spacial score (nSPS) is 22.1. The molecule has 0 spiro atoms. The number of piperidine rings is 1. The van der Waals surface area contributed by atoms with E-state index in [0.717, 1.165) is 18.0 Å². The lowest BCUT2D eigenvalue weighted by atomic mass is 9.98. The Morgan fingerprint density at radius 2 is 2.29 bits per heavy atom. The molecule has 1 fully saturated rings. The van der Waals surface area contributed by atoms with Crippen molar-refractivity contribution < 1.29 is 0 Å². The minimum atomic E-state index is 0.463. The molecule has 1 aliphatic heterocycles. The molecule has 1 unspecified atom stereocenters. The zero-order valence-electron chi connectivity index (χ0n) is 10.0. The fourth-order valence-electron chi connectivity index (χ4n) is 2.61. The highest BCUT2D eigenvalue weighted by molar-refractivity contribution is 5.63. The lowest BCUT2D eigenvalue weighted by Crippen LogP contribution is -2.31. The van der Waals surface area contributed by atoms with Crippen LogP contribution >= 0.6 is 0 Å². The zero-order chi connectivity index (χ0) is 11.8. The first kappa shape index (κ1) is 10.5. The summed E-state index contributed by atoms with van der Waals surface area (Å²) in [6.45, 7) is 2.23. The first-order valence-electron chi connectivity index (χ1n) is 6.03. The number of nitrogens with zero attached hydrogens (tertiary/aromatic N) is 4. The molecule has 0 amide bonds. The van der Waals surface area contributed by atoms with Crippen molar-refractivity contribution >= 4 is 11.3 Å². The van der Waals surface area contributed by atoms with Gasteiger partial charge in [0.05, 0.1) is 5.69 Å². The molecule has 1 atom stereocenters. The van der Waals surface area contributed by atoms with Crippen molar-refractivity contribution in [3.05, 3.63) is 24.2 Å². The summed E-state index contributed by atoms with van der Waals surface area (Å²) in [5.74, 6) is 1.50. The molecule has 0 radical (unpaired) electrons. The van der Waals surface area contributed by atoms with Gasteiger partial charge in [-0.3, -0.25) is 4.40 Å². The van der Waals surface area contributed by atoms with E-state index in [9.17, 15) is 0 Å². The number of fused-ring (bicyclic) bond motifs is 1. The lowest BCUT2D eigenvalue weighted by Gasteiger charge is -2.28. The number of likely N-dealkylation sites (tertiary alicyclic amines) is 1. The smallest absolute Gasteiger partial charge is 0.183 e. The van der Waals surface area contributed by atoms with E-state index < -0.39 is 0 Å². The van der Waals surface area contributed by atoms with Gasteiger partial charge in [0.2, 0.25) is 0 Å². The van der Waals surface area contributed by atoms with E-state index in [1.165, 1.54) is 19.4 Å². The van der Waals surface area contributed by atoms with Crippen LogP contribution in [0.25, 0.3) is 5.65 Å². The van der Waals surface area contributed by atoms with Gasteiger partial charge in [0.25, 0.3) is 0 Å². The first-order chi connectivity index (χ1) is 8.25. The fraction of sp³-hybridized carbons (Fsp3) is 0.500. The standard InChI is InChI=1S/C12H17N5/c1-16-6-2-4-9(8-16)11-14-15-12-10(13)5-3-7-17(11)12/h3,5,7,9H,2,4,6,8,13H2,1H3. The summed E-state index contributed by atoms with van der Waals surface area (Å²) in [4.78, 5) is 2.35. The van der Waals surface area contributed by atoms with Gasteiger partial charge in [-0.25, -0.2) is 0 Å². The van der Waals surface area contributed by atoms with Crippen LogP contribution < -0.4 is 5.73 Å². The Morgan fingerprint density at radius 1 is 1.41 bits per heavy atom. The van der Waals surface area contributed by atoms with Crippen molar-refractivity contribution in [1.82, 2.24) is 19.5 Å². The predicted octanol–water partition coefficient (Wildman–Crippen LogP) is 1.12. The molecule has 1 aliphatic rings. The number of likely N-dealkylation sites (N-methyl/N-ethyl adjacent to an activating group) is 1. The van der Waals surface area contributed by atoms with Crippen LogP contribution in [0.2, 0.25) is 0 Å². The summed E-state index contributed by atoms with van der Waals surface area (Å²) in [6, 6.07) is 3.81. The minimum absolute atomic E-state index is 0.463. The van der Waals surface area contributed by atoms with E-state index in [1.54, 1.807) is 0 Å². The van der Waals surface area contributed by atoms with Crippen LogP contribution in [0.5, 0.6) is 0 Å². The Hall–Kier alpha value is -1.62. The van der Waals surface area contributed by atoms with Crippen LogP contribution in [0.4, 0.5) is 5.69 Å². The van der Waals surface area contributed by atoms with Gasteiger partial charge in [-0.1, -0.05) is 0 Å². The maximum Gasteiger partial charge on any atom is 0.183 e. The zero-order valence-corrected chi connectivity index (χ0v) is 10.0. The number of hydrogen-bond donors (Lipinski definition) is 1. The molecule has 1 saturated heterocycles. The molecular weight excluding hydrogens is 214 g/mol. The Labute approximate surface area is 100 Å². The summed E-state index contributed by atoms with van der Waals surface area (Å²) in [7, 11) is 2.16. The van der Waals surface area contributed by atoms with E-state index in [4.69, 9.17) is 5.73 Å². The average Bonchev–Trinajstić information content (AvgIpc) is 2.74. The van der Waals surface area contributed by atoms with Crippen LogP contribution in [0.1, 0.15) is 24.6 Å². The van der Waals surface area contributed by atoms with Crippen LogP contribution in [-0.2, 0) is 0 Å². The van der Waals surface area contributed by atoms with Crippen LogP contribution in [-0.4, -0.2) is 39.6 Å². The van der Waals surface area contributed by atoms with Gasteiger partial charge in [-0.15, -0.1) is 10.2 Å². The number of nitrogens with two attached hydrogens (primary N) is 1. The third-order valence-electron chi connectivity index (χ3n) is 3.48. The Balaban J connectivity index is 2.02. The van der Waals surface area contributed by atoms with Crippen molar-refractivity contribution in [2.75, 3.05) is 25.9 Å². The van der Waals surface area contributed by atoms with Crippen molar-refractivity contribution in [2.45, 2.75) is 18.8 Å². The van der Waals surface area contributed by atoms with E-state index in [2.05, 4.69) is 22.1 Å². The largest absolute Gasteiger partial charge is 0.396 e. The second-order valence-electron chi connectivity index (χ2n) is 4.82. The van der Waals surface area contributed by atoms with E-state index in [1.807, 2.05) is 22.7 Å². The fourth-order valence-corrected chi connectivity index (χ4v) is 2.61. The van der Waals surface area contributed by atoms with E-state index in [-0.39, 0.29) is 0 Å². The third kappa shape index (κ3) is 1.76. The summed E-state index contributed by atoms with van der Waals surface area (Å²) in [5.41, 5.74) is 7.36. The molecular formula is C12H17N5. The Bertz CT molecular complexity index is 533. The maximum absolute atomic E-state index is 5.89. The van der Waals surface area contributed by atoms with Crippen LogP contribution in [0.15, 0.2) is 18.3 Å². The molecule has 5 nitrogen and oxygen atoms in total. The van der Waals surface area contributed by atoms with Crippen LogP contribution in [0.3, 0.4) is 0 Å². The van der Waals surface area contributed by atoms with Gasteiger partial charge in [0, 0.05) is 18.7 Å². The van der Waals surface area contributed by atoms with Crippen molar-refractivity contribution in [2.24, 2.45) is 0 Å². The summed E-state index contributed by atoms with van der Waals surface area (Å²) >= 11 is 0. The predicted molar refractivity (Wildman–Crippen MR) is 66.9 cm³/mol. The van der Waals surface area contributed by atoms with Gasteiger partial charge in [-0.2, -0.15) is 0 Å². The highest BCUT2D eigenvalue weighted by atomic mass is 15.3. The second kappa shape index (κ2) is 4.00. The number of hydrogen-bond acceptors (Lipinski definition) is 4. The van der Waals surface area contributed by atoms with E-state index in [0.29, 0.717) is 11.6 Å². The molecule has 0 saturated carbocycles. The second-order valence-corrected chi connectivity index (χ2v) is 4.82. The molecule has 5 heteroatoms. The SMILES string of the molecule is CN1CCCC(c2nnc3c(N)cccn23)C1. The van der Waals surface area contributed by atoms with Crippen LogP contribution in [0, 0.1) is 0 Å². The molecule has 0 aromatic carbocycles. The average molecular weight is 231 g/mol. The molecule has 2 aromatic rings. The van der Waals surface area contributed by atoms with Crippen molar-refractivity contribution in [1.29, 1.82) is 0 Å². The highest BCUT2D eigenvalue weighted by Gasteiger charge is 2.23. The molecule has 0 aliphatic carbocycles. The van der Waals surface area contributed by atoms with E-state index >= 15 is 0 Å². The highest BCUT2D eigenvalue weighted by Crippen LogP contribution is 2.26. The molecule has 3 heterocycles. The molecule has 2 aromatic heterocycles. The van der Waals surface area contributed by atoms with Gasteiger partial charge in [-0.05, 0) is 38.6 Å². The van der Waals surface area contributed by atoms with Gasteiger partial charge < -0.3 is 10.6 Å². The van der Waals surface area contributed by atoms with Crippen molar-refractivity contribution in [3.8, 4) is 0 Å². The van der Waals surface area contributed by atoms with Gasteiger partial charge >= 0.3 is 0 Å². The number of anilines is 1. The summed E-state index contributed by atoms with van der Waals surface area (Å²) in [5, 5.41) is 8.51. The molecule has 2 N–H and O–H groups in total. The molecule has 17 heavy (non-hydrogen) atoms. The quantitative estimate of drug-likeness (QED) is 0.799. The van der Waals surface area contributed by atoms with Gasteiger partial charge in [0.15, 0.2) is 5.65 Å². The third-order valence-corrected chi connectivity index (χ3v) is 3.48. The Kier molecular flexibility index (Phi) is 2.48. The van der Waals surface area contributed by atoms with Gasteiger partial charge in [0.1, 0.15) is 5.82 Å². The number of aromatic nitrogens is 3. The molecule has 0 bridgehead atoms. The summed E-state index contributed by atoms with van der Waals surface area (Å²) < 4.78 is 2.03. The molecule has 3 rings (SSSR count). The topological polar surface area (TPSA) is 59.5 Å². The summed E-state index contributed by atoms with van der Waals surface area (Å²) in [6.07, 6.45) is 4.40.